The van der Waals surface area contributed by atoms with Crippen LogP contribution >= 0.6 is 0 Å². The fraction of sp³-hybridized carbons (Fsp3) is 0.417. The lowest BCUT2D eigenvalue weighted by Gasteiger charge is -2.32. The molecule has 1 unspecified atom stereocenters. The number of nitriles is 1. The molecule has 1 atom stereocenters. The highest BCUT2D eigenvalue weighted by Gasteiger charge is 2.25. The molecule has 1 saturated heterocycles. The molecule has 0 aromatic heterocycles. The van der Waals surface area contributed by atoms with Gasteiger partial charge in [0.2, 0.25) is 0 Å². The maximum Gasteiger partial charge on any atom is 0.161 e. The summed E-state index contributed by atoms with van der Waals surface area (Å²) >= 11 is 0. The highest BCUT2D eigenvalue weighted by molar-refractivity contribution is 5.51. The van der Waals surface area contributed by atoms with Crippen LogP contribution < -0.4 is 4.90 Å². The number of hydrogen-bond acceptors (Lipinski definition) is 4. The van der Waals surface area contributed by atoms with E-state index in [-0.39, 0.29) is 24.4 Å². The summed E-state index contributed by atoms with van der Waals surface area (Å²) in [7, 11) is 0. The van der Waals surface area contributed by atoms with Crippen molar-refractivity contribution in [1.82, 2.24) is 0 Å². The van der Waals surface area contributed by atoms with E-state index < -0.39 is 24.3 Å². The van der Waals surface area contributed by atoms with E-state index in [4.69, 9.17) is 15.1 Å². The first-order valence-corrected chi connectivity index (χ1v) is 5.50. The summed E-state index contributed by atoms with van der Waals surface area (Å²) in [5, 5.41) is 17.6. The Hall–Kier alpha value is -1.71. The molecular weight excluding hydrogens is 242 g/mol. The van der Waals surface area contributed by atoms with E-state index in [1.807, 2.05) is 6.07 Å². The Balaban J connectivity index is 2.30. The van der Waals surface area contributed by atoms with Gasteiger partial charge in [-0.2, -0.15) is 5.26 Å². The molecule has 0 saturated carbocycles. The molecule has 1 fully saturated rings. The van der Waals surface area contributed by atoms with Gasteiger partial charge in [-0.15, -0.1) is 0 Å². The van der Waals surface area contributed by atoms with Crippen LogP contribution in [0.2, 0.25) is 0 Å². The molecule has 1 aliphatic rings. The molecule has 1 aromatic carbocycles. The molecule has 96 valence electrons. The number of aliphatic hydroxyl groups is 1. The van der Waals surface area contributed by atoms with Gasteiger partial charge in [0.05, 0.1) is 25.8 Å². The second-order valence-electron chi connectivity index (χ2n) is 4.00. The van der Waals surface area contributed by atoms with Gasteiger partial charge in [-0.1, -0.05) is 0 Å². The Labute approximate surface area is 103 Å². The maximum absolute atomic E-state index is 13.8. The minimum absolute atomic E-state index is 0.128. The van der Waals surface area contributed by atoms with Gasteiger partial charge in [0.1, 0.15) is 17.3 Å². The molecule has 1 heterocycles. The van der Waals surface area contributed by atoms with Crippen LogP contribution in [0.25, 0.3) is 0 Å². The summed E-state index contributed by atoms with van der Waals surface area (Å²) in [5.41, 5.74) is 0.00888. The van der Waals surface area contributed by atoms with E-state index in [1.165, 1.54) is 4.90 Å². The van der Waals surface area contributed by atoms with Crippen LogP contribution in [0.3, 0.4) is 0 Å². The van der Waals surface area contributed by atoms with Crippen LogP contribution in [-0.4, -0.2) is 30.9 Å². The molecule has 0 spiro atoms. The normalized spacial score (nSPS) is 19.7. The van der Waals surface area contributed by atoms with E-state index in [0.29, 0.717) is 6.54 Å². The van der Waals surface area contributed by atoms with Gasteiger partial charge in [0, 0.05) is 6.54 Å². The van der Waals surface area contributed by atoms with Crippen molar-refractivity contribution in [2.24, 2.45) is 0 Å². The van der Waals surface area contributed by atoms with Crippen LogP contribution in [-0.2, 0) is 11.3 Å². The third-order valence-electron chi connectivity index (χ3n) is 2.79. The van der Waals surface area contributed by atoms with Gasteiger partial charge in [0.25, 0.3) is 0 Å². The first-order valence-electron chi connectivity index (χ1n) is 5.50. The Kier molecular flexibility index (Phi) is 3.75. The molecular formula is C12H12F2N2O2. The molecule has 0 aliphatic carbocycles. The number of halogens is 2. The van der Waals surface area contributed by atoms with E-state index in [2.05, 4.69) is 0 Å². The molecule has 1 aromatic rings. The van der Waals surface area contributed by atoms with Crippen LogP contribution in [0.1, 0.15) is 5.56 Å². The zero-order valence-electron chi connectivity index (χ0n) is 9.57. The van der Waals surface area contributed by atoms with Crippen LogP contribution in [0.15, 0.2) is 12.1 Å². The van der Waals surface area contributed by atoms with Crippen LogP contribution in [0.4, 0.5) is 14.5 Å². The standard InChI is InChI=1S/C12H12F2N2O2/c13-10-3-8(7-17)4-11(14)12(10)16-1-2-18-9(5-15)6-16/h3-4,9,17H,1-2,6-7H2. The largest absolute Gasteiger partial charge is 0.392 e. The molecule has 0 bridgehead atoms. The molecule has 4 nitrogen and oxygen atoms in total. The highest BCUT2D eigenvalue weighted by Crippen LogP contribution is 2.26. The van der Waals surface area contributed by atoms with E-state index >= 15 is 0 Å². The zero-order chi connectivity index (χ0) is 13.1. The third kappa shape index (κ3) is 2.42. The van der Waals surface area contributed by atoms with E-state index in [0.717, 1.165) is 12.1 Å². The van der Waals surface area contributed by atoms with Crippen molar-refractivity contribution in [3.05, 3.63) is 29.3 Å². The average molecular weight is 254 g/mol. The summed E-state index contributed by atoms with van der Waals surface area (Å²) in [6, 6.07) is 4.10. The van der Waals surface area contributed by atoms with Crippen LogP contribution in [0, 0.1) is 23.0 Å². The monoisotopic (exact) mass is 254 g/mol. The topological polar surface area (TPSA) is 56.5 Å². The fourth-order valence-electron chi connectivity index (χ4n) is 1.94. The molecule has 0 amide bonds. The predicted molar refractivity (Wildman–Crippen MR) is 59.8 cm³/mol. The molecule has 2 rings (SSSR count). The summed E-state index contributed by atoms with van der Waals surface area (Å²) in [6.45, 7) is 0.282. The second-order valence-corrected chi connectivity index (χ2v) is 4.00. The average Bonchev–Trinajstić information content (AvgIpc) is 2.38. The molecule has 18 heavy (non-hydrogen) atoms. The number of rotatable bonds is 2. The molecule has 1 aliphatic heterocycles. The number of benzene rings is 1. The lowest BCUT2D eigenvalue weighted by molar-refractivity contribution is 0.0759. The highest BCUT2D eigenvalue weighted by atomic mass is 19.1. The van der Waals surface area contributed by atoms with Gasteiger partial charge >= 0.3 is 0 Å². The van der Waals surface area contributed by atoms with Crippen molar-refractivity contribution in [3.8, 4) is 6.07 Å². The SMILES string of the molecule is N#CC1CN(c2c(F)cc(CO)cc2F)CCO1. The second kappa shape index (κ2) is 5.29. The van der Waals surface area contributed by atoms with Crippen molar-refractivity contribution < 1.29 is 18.6 Å². The number of hydrogen-bond donors (Lipinski definition) is 1. The van der Waals surface area contributed by atoms with Crippen molar-refractivity contribution in [3.63, 3.8) is 0 Å². The van der Waals surface area contributed by atoms with Gasteiger partial charge in [0.15, 0.2) is 6.10 Å². The van der Waals surface area contributed by atoms with Crippen LogP contribution in [0.5, 0.6) is 0 Å². The van der Waals surface area contributed by atoms with Gasteiger partial charge < -0.3 is 14.7 Å². The van der Waals surface area contributed by atoms with Gasteiger partial charge in [-0.3, -0.25) is 0 Å². The first kappa shape index (κ1) is 12.7. The maximum atomic E-state index is 13.8. The Morgan fingerprint density at radius 2 is 2.11 bits per heavy atom. The number of ether oxygens (including phenoxy) is 1. The lowest BCUT2D eigenvalue weighted by atomic mass is 10.1. The third-order valence-corrected chi connectivity index (χ3v) is 2.79. The Morgan fingerprint density at radius 1 is 1.44 bits per heavy atom. The fourth-order valence-corrected chi connectivity index (χ4v) is 1.94. The van der Waals surface area contributed by atoms with E-state index in [9.17, 15) is 8.78 Å². The minimum atomic E-state index is -0.738. The Bertz CT molecular complexity index is 464. The van der Waals surface area contributed by atoms with Crippen molar-refractivity contribution in [2.45, 2.75) is 12.7 Å². The van der Waals surface area contributed by atoms with E-state index in [1.54, 1.807) is 0 Å². The summed E-state index contributed by atoms with van der Waals surface area (Å²) < 4.78 is 32.7. The lowest BCUT2D eigenvalue weighted by Crippen LogP contribution is -2.42. The summed E-state index contributed by atoms with van der Waals surface area (Å²) in [4.78, 5) is 1.45. The smallest absolute Gasteiger partial charge is 0.161 e. The summed E-state index contributed by atoms with van der Waals surface area (Å²) in [6.07, 6.45) is -0.685. The summed E-state index contributed by atoms with van der Waals surface area (Å²) in [5.74, 6) is -1.48. The van der Waals surface area contributed by atoms with Crippen molar-refractivity contribution in [1.29, 1.82) is 5.26 Å². The zero-order valence-corrected chi connectivity index (χ0v) is 9.57. The number of nitrogens with zero attached hydrogens (tertiary/aromatic N) is 2. The van der Waals surface area contributed by atoms with Gasteiger partial charge in [-0.05, 0) is 17.7 Å². The quantitative estimate of drug-likeness (QED) is 0.861. The molecule has 0 radical (unpaired) electrons. The molecule has 6 heteroatoms. The van der Waals surface area contributed by atoms with Gasteiger partial charge in [-0.25, -0.2) is 8.78 Å². The molecule has 1 N–H and O–H groups in total. The number of morpholine rings is 1. The minimum Gasteiger partial charge on any atom is -0.392 e. The number of anilines is 1. The Morgan fingerprint density at radius 3 is 2.67 bits per heavy atom. The number of aliphatic hydroxyl groups excluding tert-OH is 1. The first-order chi connectivity index (χ1) is 8.65. The predicted octanol–water partition coefficient (Wildman–Crippen LogP) is 1.19. The van der Waals surface area contributed by atoms with Crippen molar-refractivity contribution in [2.75, 3.05) is 24.6 Å². The van der Waals surface area contributed by atoms with Crippen molar-refractivity contribution >= 4 is 5.69 Å².